The molecule has 0 radical (unpaired) electrons. The summed E-state index contributed by atoms with van der Waals surface area (Å²) in [5, 5.41) is 7.71. The van der Waals surface area contributed by atoms with Gasteiger partial charge in [-0.3, -0.25) is 0 Å². The average molecular weight is 123 g/mol. The average Bonchev–Trinajstić information content (AvgIpc) is 1.65. The van der Waals surface area contributed by atoms with Crippen molar-refractivity contribution in [2.24, 2.45) is 0 Å². The number of aliphatic hydroxyl groups excluding tert-OH is 1. The van der Waals surface area contributed by atoms with Crippen LogP contribution in [-0.2, 0) is 4.79 Å². The Morgan fingerprint density at radius 2 is 2.29 bits per heavy atom. The molecule has 0 aromatic heterocycles. The van der Waals surface area contributed by atoms with Gasteiger partial charge >= 0.3 is 0 Å². The normalized spacial score (nSPS) is 18.1. The number of carbonyl (C=O) groups excluding carboxylic acids is 1. The molecule has 2 atom stereocenters. The van der Waals surface area contributed by atoms with Crippen LogP contribution in [0.25, 0.3) is 0 Å². The van der Waals surface area contributed by atoms with Gasteiger partial charge in [-0.1, -0.05) is 0 Å². The van der Waals surface area contributed by atoms with Crippen LogP contribution >= 0.6 is 11.6 Å². The summed E-state index contributed by atoms with van der Waals surface area (Å²) in [7, 11) is 0. The van der Waals surface area contributed by atoms with Crippen molar-refractivity contribution in [3.63, 3.8) is 0 Å². The van der Waals surface area contributed by atoms with Gasteiger partial charge in [0.2, 0.25) is 0 Å². The van der Waals surface area contributed by atoms with Crippen LogP contribution in [0.4, 0.5) is 0 Å². The van der Waals surface area contributed by atoms with Crippen LogP contribution in [0.2, 0.25) is 0 Å². The van der Waals surface area contributed by atoms with Gasteiger partial charge in [0.05, 0.1) is 6.10 Å². The van der Waals surface area contributed by atoms with Crippen LogP contribution in [0.1, 0.15) is 6.92 Å². The van der Waals surface area contributed by atoms with E-state index in [9.17, 15) is 4.79 Å². The van der Waals surface area contributed by atoms with E-state index in [1.165, 1.54) is 6.92 Å². The topological polar surface area (TPSA) is 37.3 Å². The molecule has 2 nitrogen and oxygen atoms in total. The van der Waals surface area contributed by atoms with E-state index in [2.05, 4.69) is 0 Å². The van der Waals surface area contributed by atoms with Crippen LogP contribution in [0.3, 0.4) is 0 Å². The molecule has 1 N–H and O–H groups in total. The van der Waals surface area contributed by atoms with Crippen LogP contribution < -0.4 is 0 Å². The van der Waals surface area contributed by atoms with Gasteiger partial charge in [0, 0.05) is 0 Å². The van der Waals surface area contributed by atoms with E-state index in [0.29, 0.717) is 6.29 Å². The van der Waals surface area contributed by atoms with Gasteiger partial charge in [0.1, 0.15) is 11.7 Å². The summed E-state index contributed by atoms with van der Waals surface area (Å²) in [4.78, 5) is 9.65. The number of hydrogen-bond donors (Lipinski definition) is 1. The van der Waals surface area contributed by atoms with Crippen molar-refractivity contribution in [3.8, 4) is 0 Å². The third kappa shape index (κ3) is 2.60. The van der Waals surface area contributed by atoms with E-state index in [0.717, 1.165) is 0 Å². The van der Waals surface area contributed by atoms with Gasteiger partial charge in [-0.2, -0.15) is 0 Å². The predicted octanol–water partition coefficient (Wildman–Crippen LogP) is 0.173. The van der Waals surface area contributed by atoms with E-state index in [1.54, 1.807) is 0 Å². The Bertz CT molecular complexity index is 62.7. The number of aliphatic hydroxyl groups is 1. The number of alkyl halides is 1. The quantitative estimate of drug-likeness (QED) is 0.419. The summed E-state index contributed by atoms with van der Waals surface area (Å²) < 4.78 is 0. The Morgan fingerprint density at radius 3 is 2.29 bits per heavy atom. The van der Waals surface area contributed by atoms with Gasteiger partial charge in [-0.05, 0) is 6.92 Å². The van der Waals surface area contributed by atoms with Gasteiger partial charge in [-0.25, -0.2) is 0 Å². The molecule has 0 aliphatic heterocycles. The van der Waals surface area contributed by atoms with Gasteiger partial charge in [0.25, 0.3) is 0 Å². The maximum Gasteiger partial charge on any atom is 0.140 e. The van der Waals surface area contributed by atoms with Crippen LogP contribution in [0, 0.1) is 0 Å². The van der Waals surface area contributed by atoms with Crippen LogP contribution in [0.15, 0.2) is 0 Å². The van der Waals surface area contributed by atoms with Crippen molar-refractivity contribution in [2.75, 3.05) is 0 Å². The van der Waals surface area contributed by atoms with E-state index in [4.69, 9.17) is 16.7 Å². The molecule has 0 aliphatic carbocycles. The highest BCUT2D eigenvalue weighted by Crippen LogP contribution is 1.95. The number of halogens is 1. The van der Waals surface area contributed by atoms with E-state index in [-0.39, 0.29) is 0 Å². The first-order valence-corrected chi connectivity index (χ1v) is 2.39. The predicted molar refractivity (Wildman–Crippen MR) is 27.4 cm³/mol. The van der Waals surface area contributed by atoms with Crippen molar-refractivity contribution in [1.82, 2.24) is 0 Å². The van der Waals surface area contributed by atoms with Gasteiger partial charge in [-0.15, -0.1) is 11.6 Å². The molecular formula is C4H7ClO2. The second kappa shape index (κ2) is 2.99. The molecule has 0 heterocycles. The van der Waals surface area contributed by atoms with Gasteiger partial charge < -0.3 is 9.90 Å². The maximum atomic E-state index is 9.65. The molecule has 0 bridgehead atoms. The fraction of sp³-hybridized carbons (Fsp3) is 0.750. The minimum atomic E-state index is -0.750. The molecule has 0 amide bonds. The van der Waals surface area contributed by atoms with Crippen molar-refractivity contribution >= 4 is 17.9 Å². The lowest BCUT2D eigenvalue weighted by molar-refractivity contribution is -0.108. The molecular weight excluding hydrogens is 115 g/mol. The largest absolute Gasteiger partial charge is 0.391 e. The van der Waals surface area contributed by atoms with Gasteiger partial charge in [0.15, 0.2) is 0 Å². The summed E-state index contributed by atoms with van der Waals surface area (Å²) >= 11 is 5.18. The fourth-order valence-corrected chi connectivity index (χ4v) is 0.114. The first-order chi connectivity index (χ1) is 3.18. The standard InChI is InChI=1S/C4H7ClO2/c1-3(7)4(5)2-6/h2-4,7H,1H3. The third-order valence-corrected chi connectivity index (χ3v) is 1.06. The lowest BCUT2D eigenvalue weighted by atomic mass is 10.3. The zero-order valence-corrected chi connectivity index (χ0v) is 4.72. The fourth-order valence-electron chi connectivity index (χ4n) is 0.114. The highest BCUT2D eigenvalue weighted by atomic mass is 35.5. The summed E-state index contributed by atoms with van der Waals surface area (Å²) in [6.45, 7) is 1.46. The number of carbonyl (C=O) groups is 1. The minimum absolute atomic E-state index is 0.506. The molecule has 7 heavy (non-hydrogen) atoms. The molecule has 0 aromatic rings. The number of rotatable bonds is 2. The molecule has 3 heteroatoms. The molecule has 2 unspecified atom stereocenters. The smallest absolute Gasteiger partial charge is 0.140 e. The lowest BCUT2D eigenvalue weighted by Gasteiger charge is -2.00. The molecule has 0 rings (SSSR count). The second-order valence-corrected chi connectivity index (χ2v) is 1.83. The molecule has 42 valence electrons. The molecule has 0 fully saturated rings. The Balaban J connectivity index is 3.33. The Hall–Kier alpha value is -0.0800. The summed E-state index contributed by atoms with van der Waals surface area (Å²) in [6.07, 6.45) is -0.231. The number of hydrogen-bond acceptors (Lipinski definition) is 2. The maximum absolute atomic E-state index is 9.65. The summed E-state index contributed by atoms with van der Waals surface area (Å²) in [6, 6.07) is 0. The van der Waals surface area contributed by atoms with Crippen LogP contribution in [-0.4, -0.2) is 22.9 Å². The molecule has 0 spiro atoms. The monoisotopic (exact) mass is 122 g/mol. The van der Waals surface area contributed by atoms with E-state index >= 15 is 0 Å². The SMILES string of the molecule is CC(O)C(Cl)C=O. The first-order valence-electron chi connectivity index (χ1n) is 1.96. The van der Waals surface area contributed by atoms with Crippen molar-refractivity contribution in [3.05, 3.63) is 0 Å². The highest BCUT2D eigenvalue weighted by Gasteiger charge is 2.07. The Labute approximate surface area is 47.1 Å². The van der Waals surface area contributed by atoms with E-state index in [1.807, 2.05) is 0 Å². The first kappa shape index (κ1) is 6.92. The zero-order valence-electron chi connectivity index (χ0n) is 3.97. The Kier molecular flexibility index (Phi) is 2.96. The van der Waals surface area contributed by atoms with Crippen molar-refractivity contribution < 1.29 is 9.90 Å². The zero-order chi connectivity index (χ0) is 5.86. The molecule has 0 aliphatic rings. The van der Waals surface area contributed by atoms with Crippen molar-refractivity contribution in [1.29, 1.82) is 0 Å². The Morgan fingerprint density at radius 1 is 1.86 bits per heavy atom. The minimum Gasteiger partial charge on any atom is -0.391 e. The molecule has 0 saturated heterocycles. The number of aldehydes is 1. The molecule has 0 saturated carbocycles. The van der Waals surface area contributed by atoms with E-state index < -0.39 is 11.5 Å². The second-order valence-electron chi connectivity index (χ2n) is 1.32. The third-order valence-electron chi connectivity index (χ3n) is 0.591. The van der Waals surface area contributed by atoms with Crippen molar-refractivity contribution in [2.45, 2.75) is 18.4 Å². The molecule has 0 aromatic carbocycles. The summed E-state index contributed by atoms with van der Waals surface area (Å²) in [5.41, 5.74) is 0. The lowest BCUT2D eigenvalue weighted by Crippen LogP contribution is -2.17. The van der Waals surface area contributed by atoms with Crippen LogP contribution in [0.5, 0.6) is 0 Å². The highest BCUT2D eigenvalue weighted by molar-refractivity contribution is 6.27. The summed E-state index contributed by atoms with van der Waals surface area (Å²) in [5.74, 6) is 0.